The largest absolute Gasteiger partial charge is 0.489 e. The van der Waals surface area contributed by atoms with E-state index in [2.05, 4.69) is 41.2 Å². The molecule has 11 heteroatoms. The fourth-order valence-corrected chi connectivity index (χ4v) is 5.51. The number of fused-ring (bicyclic) bond motifs is 2. The third-order valence-corrected chi connectivity index (χ3v) is 7.56. The van der Waals surface area contributed by atoms with Crippen molar-refractivity contribution in [1.29, 1.82) is 0 Å². The highest BCUT2D eigenvalue weighted by atomic mass is 79.9. The van der Waals surface area contributed by atoms with Gasteiger partial charge in [-0.25, -0.2) is 9.97 Å². The number of imidazole rings is 1. The van der Waals surface area contributed by atoms with Crippen LogP contribution in [0.25, 0.3) is 45.1 Å². The van der Waals surface area contributed by atoms with Gasteiger partial charge in [0.2, 0.25) is 5.95 Å². The lowest BCUT2D eigenvalue weighted by atomic mass is 10.0. The van der Waals surface area contributed by atoms with E-state index in [0.29, 0.717) is 28.4 Å². The molecule has 0 atom stereocenters. The lowest BCUT2D eigenvalue weighted by Crippen LogP contribution is -2.11. The van der Waals surface area contributed by atoms with Crippen LogP contribution in [0.3, 0.4) is 0 Å². The Kier molecular flexibility index (Phi) is 5.39. The highest BCUT2D eigenvalue weighted by molar-refractivity contribution is 9.10. The van der Waals surface area contributed by atoms with Gasteiger partial charge in [0.25, 0.3) is 0 Å². The molecular formula is C27H23BrN8O2. The van der Waals surface area contributed by atoms with Gasteiger partial charge in [-0.05, 0) is 78.9 Å². The molecule has 0 saturated heterocycles. The summed E-state index contributed by atoms with van der Waals surface area (Å²) in [7, 11) is 0. The molecule has 0 bridgehead atoms. The van der Waals surface area contributed by atoms with Gasteiger partial charge >= 0.3 is 0 Å². The van der Waals surface area contributed by atoms with Gasteiger partial charge < -0.3 is 19.3 Å². The number of hydrogen-bond donors (Lipinski definition) is 1. The first-order chi connectivity index (χ1) is 18.5. The van der Waals surface area contributed by atoms with Crippen molar-refractivity contribution < 1.29 is 9.15 Å². The lowest BCUT2D eigenvalue weighted by molar-refractivity contribution is 0.209. The van der Waals surface area contributed by atoms with Crippen LogP contribution in [0.2, 0.25) is 0 Å². The second-order valence-electron chi connectivity index (χ2n) is 9.45. The molecule has 10 nitrogen and oxygen atoms in total. The standard InChI is InChI=1S/C27H23BrN8O2/c1-15-13-30-23-9-8-16(14-35(15)23)24-25(21-7-4-10-37-21)31-27(29)32-26(24)36-20-11-18(28)22(12-19(20)33-34-36)38-17-5-2-3-6-17/h4,7-14,17H,2-3,5-6H2,1H3,(H2,29,31,32). The van der Waals surface area contributed by atoms with Crippen LogP contribution in [0.5, 0.6) is 5.75 Å². The van der Waals surface area contributed by atoms with Crippen molar-refractivity contribution in [1.82, 2.24) is 34.3 Å². The molecule has 190 valence electrons. The number of hydrogen-bond acceptors (Lipinski definition) is 8. The van der Waals surface area contributed by atoms with E-state index in [4.69, 9.17) is 14.9 Å². The molecule has 0 aliphatic heterocycles. The van der Waals surface area contributed by atoms with Crippen molar-refractivity contribution in [2.24, 2.45) is 0 Å². The van der Waals surface area contributed by atoms with Crippen LogP contribution in [0.15, 0.2) is 63.9 Å². The molecule has 0 unspecified atom stereocenters. The molecule has 38 heavy (non-hydrogen) atoms. The minimum atomic E-state index is 0.0962. The number of rotatable bonds is 5. The van der Waals surface area contributed by atoms with Gasteiger partial charge in [0.05, 0.1) is 27.9 Å². The number of benzene rings is 1. The Morgan fingerprint density at radius 3 is 2.82 bits per heavy atom. The Morgan fingerprint density at radius 1 is 1.13 bits per heavy atom. The summed E-state index contributed by atoms with van der Waals surface area (Å²) >= 11 is 3.69. The molecule has 5 heterocycles. The predicted octanol–water partition coefficient (Wildman–Crippen LogP) is 5.76. The van der Waals surface area contributed by atoms with E-state index in [1.807, 2.05) is 60.1 Å². The monoisotopic (exact) mass is 570 g/mol. The van der Waals surface area contributed by atoms with Crippen LogP contribution in [0.1, 0.15) is 31.4 Å². The maximum atomic E-state index is 6.26. The Bertz CT molecular complexity index is 1800. The smallest absolute Gasteiger partial charge is 0.222 e. The minimum Gasteiger partial charge on any atom is -0.489 e. The third kappa shape index (κ3) is 3.81. The van der Waals surface area contributed by atoms with E-state index < -0.39 is 0 Å². The summed E-state index contributed by atoms with van der Waals surface area (Å²) in [5.74, 6) is 1.91. The maximum Gasteiger partial charge on any atom is 0.222 e. The van der Waals surface area contributed by atoms with E-state index in [1.54, 1.807) is 10.9 Å². The number of nitrogens with zero attached hydrogens (tertiary/aromatic N) is 7. The Hall–Kier alpha value is -4.25. The summed E-state index contributed by atoms with van der Waals surface area (Å²) in [6, 6.07) is 11.5. The summed E-state index contributed by atoms with van der Waals surface area (Å²) < 4.78 is 16.5. The summed E-state index contributed by atoms with van der Waals surface area (Å²) in [6.07, 6.45) is 10.2. The first-order valence-electron chi connectivity index (χ1n) is 12.4. The van der Waals surface area contributed by atoms with Gasteiger partial charge in [0, 0.05) is 29.7 Å². The topological polar surface area (TPSA) is 122 Å². The zero-order valence-corrected chi connectivity index (χ0v) is 22.1. The second kappa shape index (κ2) is 8.95. The molecule has 0 spiro atoms. The van der Waals surface area contributed by atoms with Crippen molar-refractivity contribution in [2.45, 2.75) is 38.7 Å². The molecule has 2 N–H and O–H groups in total. The van der Waals surface area contributed by atoms with Crippen molar-refractivity contribution in [3.63, 3.8) is 0 Å². The highest BCUT2D eigenvalue weighted by Crippen LogP contribution is 2.38. The van der Waals surface area contributed by atoms with Crippen LogP contribution in [0.4, 0.5) is 5.95 Å². The number of aromatic nitrogens is 7. The van der Waals surface area contributed by atoms with E-state index in [-0.39, 0.29) is 12.1 Å². The summed E-state index contributed by atoms with van der Waals surface area (Å²) in [5, 5.41) is 8.95. The zero-order valence-electron chi connectivity index (χ0n) is 20.5. The second-order valence-corrected chi connectivity index (χ2v) is 10.3. The first-order valence-corrected chi connectivity index (χ1v) is 13.2. The zero-order chi connectivity index (χ0) is 25.8. The van der Waals surface area contributed by atoms with Gasteiger partial charge in [-0.3, -0.25) is 0 Å². The quantitative estimate of drug-likeness (QED) is 0.277. The third-order valence-electron chi connectivity index (χ3n) is 6.94. The molecule has 0 amide bonds. The summed E-state index contributed by atoms with van der Waals surface area (Å²) in [6.45, 7) is 2.01. The van der Waals surface area contributed by atoms with Crippen LogP contribution >= 0.6 is 15.9 Å². The Labute approximate surface area is 225 Å². The molecule has 5 aromatic heterocycles. The summed E-state index contributed by atoms with van der Waals surface area (Å²) in [5.41, 5.74) is 11.6. The molecule has 1 aromatic carbocycles. The molecule has 1 saturated carbocycles. The van der Waals surface area contributed by atoms with Crippen LogP contribution < -0.4 is 10.5 Å². The number of anilines is 1. The van der Waals surface area contributed by atoms with E-state index in [0.717, 1.165) is 45.5 Å². The van der Waals surface area contributed by atoms with Crippen LogP contribution in [-0.2, 0) is 0 Å². The lowest BCUT2D eigenvalue weighted by Gasteiger charge is -2.15. The average molecular weight is 571 g/mol. The number of nitrogens with two attached hydrogens (primary N) is 1. The van der Waals surface area contributed by atoms with Crippen molar-refractivity contribution >= 4 is 38.6 Å². The molecular weight excluding hydrogens is 548 g/mol. The van der Waals surface area contributed by atoms with Gasteiger partial charge in [0.1, 0.15) is 22.6 Å². The fraction of sp³-hybridized carbons (Fsp3) is 0.222. The Balaban J connectivity index is 1.45. The molecule has 1 aliphatic rings. The van der Waals surface area contributed by atoms with Crippen molar-refractivity contribution in [3.05, 3.63) is 65.2 Å². The van der Waals surface area contributed by atoms with Gasteiger partial charge in [-0.15, -0.1) is 5.10 Å². The number of halogens is 1. The molecule has 6 aromatic rings. The maximum absolute atomic E-state index is 6.26. The number of pyridine rings is 1. The van der Waals surface area contributed by atoms with E-state index in [1.165, 1.54) is 12.8 Å². The fourth-order valence-electron chi connectivity index (χ4n) is 5.08. The average Bonchev–Trinajstić information content (AvgIpc) is 3.73. The van der Waals surface area contributed by atoms with Crippen molar-refractivity contribution in [3.8, 4) is 34.1 Å². The molecule has 1 fully saturated rings. The predicted molar refractivity (Wildman–Crippen MR) is 146 cm³/mol. The number of ether oxygens (including phenoxy) is 1. The van der Waals surface area contributed by atoms with Crippen molar-refractivity contribution in [2.75, 3.05) is 5.73 Å². The normalized spacial score (nSPS) is 14.2. The molecule has 1 aliphatic carbocycles. The first kappa shape index (κ1) is 22.9. The number of furan rings is 1. The molecule has 0 radical (unpaired) electrons. The van der Waals surface area contributed by atoms with Crippen LogP contribution in [-0.4, -0.2) is 40.5 Å². The molecule has 7 rings (SSSR count). The van der Waals surface area contributed by atoms with Gasteiger partial charge in [-0.1, -0.05) is 5.21 Å². The SMILES string of the molecule is Cc1cnc2ccc(-c3c(-c4ccco4)nc(N)nc3-n3nnc4cc(OC5CCCC5)c(Br)cc43)cn12. The van der Waals surface area contributed by atoms with Crippen LogP contribution in [0, 0.1) is 6.92 Å². The highest BCUT2D eigenvalue weighted by Gasteiger charge is 2.24. The van der Waals surface area contributed by atoms with Gasteiger partial charge in [-0.2, -0.15) is 9.67 Å². The minimum absolute atomic E-state index is 0.0962. The van der Waals surface area contributed by atoms with E-state index in [9.17, 15) is 0 Å². The van der Waals surface area contributed by atoms with Gasteiger partial charge in [0.15, 0.2) is 11.6 Å². The number of aryl methyl sites for hydroxylation is 1. The number of nitrogen functional groups attached to an aromatic ring is 1. The summed E-state index contributed by atoms with van der Waals surface area (Å²) in [4.78, 5) is 13.7. The Morgan fingerprint density at radius 2 is 2.00 bits per heavy atom. The van der Waals surface area contributed by atoms with E-state index >= 15 is 0 Å².